The van der Waals surface area contributed by atoms with E-state index in [-0.39, 0.29) is 16.9 Å². The van der Waals surface area contributed by atoms with E-state index in [0.717, 1.165) is 11.6 Å². The first-order valence-electron chi connectivity index (χ1n) is 9.94. The van der Waals surface area contributed by atoms with E-state index in [1.54, 1.807) is 31.2 Å². The van der Waals surface area contributed by atoms with Gasteiger partial charge in [0.05, 0.1) is 11.8 Å². The monoisotopic (exact) mass is 443 g/mol. The van der Waals surface area contributed by atoms with Crippen molar-refractivity contribution in [2.24, 2.45) is 5.10 Å². The van der Waals surface area contributed by atoms with Crippen molar-refractivity contribution in [3.05, 3.63) is 107 Å². The molecule has 8 heteroatoms. The molecule has 0 saturated carbocycles. The van der Waals surface area contributed by atoms with Crippen LogP contribution in [0.1, 0.15) is 32.0 Å². The van der Waals surface area contributed by atoms with Crippen LogP contribution < -0.4 is 10.2 Å². The lowest BCUT2D eigenvalue weighted by Crippen LogP contribution is -2.18. The van der Waals surface area contributed by atoms with E-state index in [9.17, 15) is 14.0 Å². The van der Waals surface area contributed by atoms with Gasteiger partial charge in [-0.3, -0.25) is 4.79 Å². The molecule has 0 aliphatic rings. The van der Waals surface area contributed by atoms with Crippen molar-refractivity contribution in [1.29, 1.82) is 0 Å². The number of hydrazone groups is 1. The van der Waals surface area contributed by atoms with E-state index >= 15 is 0 Å². The zero-order valence-corrected chi connectivity index (χ0v) is 17.5. The van der Waals surface area contributed by atoms with Crippen LogP contribution in [-0.4, -0.2) is 23.2 Å². The van der Waals surface area contributed by atoms with Crippen molar-refractivity contribution in [3.63, 3.8) is 0 Å². The Labute approximate surface area is 188 Å². The Balaban J connectivity index is 1.44. The Morgan fingerprint density at radius 2 is 1.82 bits per heavy atom. The number of hydrogen-bond donors (Lipinski definition) is 1. The Hall–Kier alpha value is -4.59. The van der Waals surface area contributed by atoms with Crippen molar-refractivity contribution in [2.75, 3.05) is 0 Å². The van der Waals surface area contributed by atoms with E-state index in [1.807, 2.05) is 30.3 Å². The molecule has 1 N–H and O–H groups in total. The van der Waals surface area contributed by atoms with Crippen molar-refractivity contribution < 1.29 is 23.2 Å². The van der Waals surface area contributed by atoms with Crippen LogP contribution in [-0.2, 0) is 0 Å². The van der Waals surface area contributed by atoms with Gasteiger partial charge < -0.3 is 9.26 Å². The third-order valence-electron chi connectivity index (χ3n) is 4.65. The van der Waals surface area contributed by atoms with Crippen LogP contribution in [0.15, 0.2) is 88.5 Å². The van der Waals surface area contributed by atoms with Gasteiger partial charge in [0, 0.05) is 5.56 Å². The van der Waals surface area contributed by atoms with Crippen LogP contribution in [0.4, 0.5) is 4.39 Å². The van der Waals surface area contributed by atoms with E-state index in [0.29, 0.717) is 17.0 Å². The topological polar surface area (TPSA) is 93.8 Å². The molecule has 3 aromatic carbocycles. The van der Waals surface area contributed by atoms with E-state index in [4.69, 9.17) is 9.26 Å². The number of nitrogens with zero attached hydrogens (tertiary/aromatic N) is 2. The maximum absolute atomic E-state index is 13.3. The average molecular weight is 443 g/mol. The Morgan fingerprint density at radius 1 is 1.03 bits per heavy atom. The maximum atomic E-state index is 13.3. The number of halogens is 1. The van der Waals surface area contributed by atoms with E-state index < -0.39 is 17.7 Å². The number of hydrogen-bond acceptors (Lipinski definition) is 6. The molecule has 4 rings (SSSR count). The van der Waals surface area contributed by atoms with Crippen molar-refractivity contribution in [3.8, 4) is 17.0 Å². The highest BCUT2D eigenvalue weighted by atomic mass is 19.1. The summed E-state index contributed by atoms with van der Waals surface area (Å²) in [5, 5.41) is 7.96. The molecule has 0 fully saturated rings. The molecule has 0 bridgehead atoms. The number of carbonyl (C=O) groups excluding carboxylic acids is 2. The molecule has 0 unspecified atom stereocenters. The largest absolute Gasteiger partial charge is 0.423 e. The highest BCUT2D eigenvalue weighted by molar-refractivity contribution is 6.01. The number of rotatable bonds is 6. The molecular formula is C25H18FN3O4. The van der Waals surface area contributed by atoms with Crippen LogP contribution in [0.5, 0.6) is 5.75 Å². The standard InChI is InChI=1S/C25H18FN3O4/c1-16-22(23(29-33-16)18-8-3-2-4-9-18)24(30)28-27-15-17-7-5-12-21(13-17)32-25(31)19-10-6-11-20(26)14-19/h2-15H,1H3,(H,28,30)/b27-15-. The van der Waals surface area contributed by atoms with Gasteiger partial charge in [0.15, 0.2) is 0 Å². The summed E-state index contributed by atoms with van der Waals surface area (Å²) in [5.74, 6) is -1.07. The van der Waals surface area contributed by atoms with Crippen molar-refractivity contribution in [2.45, 2.75) is 6.92 Å². The number of benzene rings is 3. The fraction of sp³-hybridized carbons (Fsp3) is 0.0400. The summed E-state index contributed by atoms with van der Waals surface area (Å²) in [6.45, 7) is 1.65. The van der Waals surface area contributed by atoms with Crippen molar-refractivity contribution in [1.82, 2.24) is 10.6 Å². The molecule has 164 valence electrons. The summed E-state index contributed by atoms with van der Waals surface area (Å²) >= 11 is 0. The minimum absolute atomic E-state index is 0.0969. The first kappa shape index (κ1) is 21.6. The quantitative estimate of drug-likeness (QED) is 0.200. The second-order valence-electron chi connectivity index (χ2n) is 7.00. The van der Waals surface area contributed by atoms with Gasteiger partial charge in [-0.05, 0) is 42.8 Å². The maximum Gasteiger partial charge on any atom is 0.343 e. The molecule has 4 aromatic rings. The van der Waals surface area contributed by atoms with Crippen LogP contribution in [0.2, 0.25) is 0 Å². The van der Waals surface area contributed by atoms with Gasteiger partial charge >= 0.3 is 5.97 Å². The minimum atomic E-state index is -0.687. The molecule has 0 saturated heterocycles. The SMILES string of the molecule is Cc1onc(-c2ccccc2)c1C(=O)N/N=C\c1cccc(OC(=O)c2cccc(F)c2)c1. The lowest BCUT2D eigenvalue weighted by Gasteiger charge is -2.05. The lowest BCUT2D eigenvalue weighted by molar-refractivity contribution is 0.0734. The second kappa shape index (κ2) is 9.69. The number of aryl methyl sites for hydroxylation is 1. The van der Waals surface area contributed by atoms with Gasteiger partial charge in [-0.2, -0.15) is 5.10 Å². The molecule has 0 spiro atoms. The molecule has 33 heavy (non-hydrogen) atoms. The van der Waals surface area contributed by atoms with Gasteiger partial charge in [-0.15, -0.1) is 0 Å². The van der Waals surface area contributed by atoms with Crippen molar-refractivity contribution >= 4 is 18.1 Å². The van der Waals surface area contributed by atoms with Gasteiger partial charge in [-0.25, -0.2) is 14.6 Å². The Morgan fingerprint density at radius 3 is 2.61 bits per heavy atom. The molecule has 0 radical (unpaired) electrons. The predicted octanol–water partition coefficient (Wildman–Crippen LogP) is 4.77. The van der Waals surface area contributed by atoms with Gasteiger partial charge in [-0.1, -0.05) is 53.7 Å². The summed E-state index contributed by atoms with van der Waals surface area (Å²) in [5.41, 5.74) is 4.59. The summed E-state index contributed by atoms with van der Waals surface area (Å²) in [6, 6.07) is 21.0. The molecule has 7 nitrogen and oxygen atoms in total. The number of nitrogens with one attached hydrogen (secondary N) is 1. The number of esters is 1. The summed E-state index contributed by atoms with van der Waals surface area (Å²) in [6.07, 6.45) is 1.41. The molecular weight excluding hydrogens is 425 g/mol. The molecule has 1 heterocycles. The normalized spacial score (nSPS) is 10.8. The number of aromatic nitrogens is 1. The Bertz CT molecular complexity index is 1330. The number of amides is 1. The van der Waals surface area contributed by atoms with Crippen LogP contribution >= 0.6 is 0 Å². The summed E-state index contributed by atoms with van der Waals surface area (Å²) < 4.78 is 23.8. The lowest BCUT2D eigenvalue weighted by atomic mass is 10.1. The zero-order valence-electron chi connectivity index (χ0n) is 17.5. The summed E-state index contributed by atoms with van der Waals surface area (Å²) in [7, 11) is 0. The highest BCUT2D eigenvalue weighted by Gasteiger charge is 2.21. The smallest absolute Gasteiger partial charge is 0.343 e. The first-order chi connectivity index (χ1) is 16.0. The summed E-state index contributed by atoms with van der Waals surface area (Å²) in [4.78, 5) is 24.9. The van der Waals surface area contributed by atoms with Gasteiger partial charge in [0.1, 0.15) is 28.6 Å². The molecule has 1 aromatic heterocycles. The van der Waals surface area contributed by atoms with Gasteiger partial charge in [0.25, 0.3) is 5.91 Å². The van der Waals surface area contributed by atoms with Crippen LogP contribution in [0, 0.1) is 12.7 Å². The Kier molecular flexibility index (Phi) is 6.36. The average Bonchev–Trinajstić information content (AvgIpc) is 3.21. The molecule has 0 aliphatic heterocycles. The van der Waals surface area contributed by atoms with Gasteiger partial charge in [0.2, 0.25) is 0 Å². The van der Waals surface area contributed by atoms with Crippen LogP contribution in [0.3, 0.4) is 0 Å². The molecule has 0 aliphatic carbocycles. The molecule has 0 atom stereocenters. The minimum Gasteiger partial charge on any atom is -0.423 e. The number of ether oxygens (including phenoxy) is 1. The molecule has 1 amide bonds. The predicted molar refractivity (Wildman–Crippen MR) is 120 cm³/mol. The fourth-order valence-electron chi connectivity index (χ4n) is 3.09. The van der Waals surface area contributed by atoms with Crippen LogP contribution in [0.25, 0.3) is 11.3 Å². The second-order valence-corrected chi connectivity index (χ2v) is 7.00. The van der Waals surface area contributed by atoms with E-state index in [1.165, 1.54) is 24.4 Å². The number of carbonyl (C=O) groups is 2. The third-order valence-corrected chi connectivity index (χ3v) is 4.65. The van der Waals surface area contributed by atoms with E-state index in [2.05, 4.69) is 15.7 Å². The highest BCUT2D eigenvalue weighted by Crippen LogP contribution is 2.24. The zero-order chi connectivity index (χ0) is 23.2. The first-order valence-corrected chi connectivity index (χ1v) is 9.94. The fourth-order valence-corrected chi connectivity index (χ4v) is 3.09. The third kappa shape index (κ3) is 5.19.